The van der Waals surface area contributed by atoms with Crippen molar-refractivity contribution >= 4 is 11.6 Å². The minimum absolute atomic E-state index is 0.137. The highest BCUT2D eigenvalue weighted by Crippen LogP contribution is 2.22. The molecule has 112 valence electrons. The molecule has 3 heterocycles. The Morgan fingerprint density at radius 3 is 2.82 bits per heavy atom. The van der Waals surface area contributed by atoms with Crippen LogP contribution in [-0.4, -0.2) is 24.3 Å². The van der Waals surface area contributed by atoms with Gasteiger partial charge >= 0.3 is 0 Å². The molecular weight excluding hydrogens is 302 g/mol. The van der Waals surface area contributed by atoms with Crippen molar-refractivity contribution in [2.75, 3.05) is 0 Å². The van der Waals surface area contributed by atoms with Crippen LogP contribution in [0, 0.1) is 6.92 Å². The molecule has 0 bridgehead atoms. The molecular formula is C15H14ClN5O. The molecule has 0 aliphatic heterocycles. The lowest BCUT2D eigenvalue weighted by Gasteiger charge is -2.05. The van der Waals surface area contributed by atoms with Crippen molar-refractivity contribution < 1.29 is 0 Å². The molecule has 0 radical (unpaired) electrons. The van der Waals surface area contributed by atoms with Gasteiger partial charge in [0.05, 0.1) is 17.6 Å². The molecule has 0 aromatic carbocycles. The molecule has 0 saturated carbocycles. The van der Waals surface area contributed by atoms with Crippen LogP contribution in [0.15, 0.2) is 41.6 Å². The smallest absolute Gasteiger partial charge is 0.268 e. The number of nitrogens with zero attached hydrogens (tertiary/aromatic N) is 5. The van der Waals surface area contributed by atoms with Crippen molar-refractivity contribution in [2.45, 2.75) is 20.4 Å². The lowest BCUT2D eigenvalue weighted by atomic mass is 10.2. The van der Waals surface area contributed by atoms with E-state index < -0.39 is 0 Å². The van der Waals surface area contributed by atoms with Crippen LogP contribution in [0.2, 0.25) is 5.15 Å². The highest BCUT2D eigenvalue weighted by atomic mass is 35.5. The molecule has 0 atom stereocenters. The number of hydrogen-bond donors (Lipinski definition) is 0. The largest absolute Gasteiger partial charge is 0.301 e. The maximum absolute atomic E-state index is 11.9. The fourth-order valence-corrected chi connectivity index (χ4v) is 2.40. The topological polar surface area (TPSA) is 65.6 Å². The van der Waals surface area contributed by atoms with E-state index in [9.17, 15) is 4.79 Å². The Bertz CT molecular complexity index is 884. The summed E-state index contributed by atoms with van der Waals surface area (Å²) in [6, 6.07) is 5.14. The van der Waals surface area contributed by atoms with Gasteiger partial charge in [-0.2, -0.15) is 5.10 Å². The molecule has 0 unspecified atom stereocenters. The molecule has 0 saturated heterocycles. The third kappa shape index (κ3) is 2.65. The molecule has 0 amide bonds. The van der Waals surface area contributed by atoms with Crippen LogP contribution in [0.1, 0.15) is 12.7 Å². The second kappa shape index (κ2) is 5.73. The van der Waals surface area contributed by atoms with E-state index in [4.69, 9.17) is 11.6 Å². The van der Waals surface area contributed by atoms with Gasteiger partial charge in [0.25, 0.3) is 5.56 Å². The zero-order valence-corrected chi connectivity index (χ0v) is 12.9. The van der Waals surface area contributed by atoms with Gasteiger partial charge in [0, 0.05) is 30.6 Å². The fourth-order valence-electron chi connectivity index (χ4n) is 2.23. The maximum Gasteiger partial charge on any atom is 0.268 e. The molecule has 3 aromatic heterocycles. The minimum atomic E-state index is -0.137. The first-order valence-corrected chi connectivity index (χ1v) is 7.21. The number of imidazole rings is 1. The lowest BCUT2D eigenvalue weighted by Crippen LogP contribution is -2.21. The van der Waals surface area contributed by atoms with Gasteiger partial charge < -0.3 is 4.57 Å². The van der Waals surface area contributed by atoms with Gasteiger partial charge in [-0.05, 0) is 26.0 Å². The van der Waals surface area contributed by atoms with E-state index in [1.54, 1.807) is 24.5 Å². The normalized spacial score (nSPS) is 10.9. The first-order chi connectivity index (χ1) is 10.6. The van der Waals surface area contributed by atoms with Crippen LogP contribution in [0.5, 0.6) is 0 Å². The van der Waals surface area contributed by atoms with Gasteiger partial charge in [-0.1, -0.05) is 11.6 Å². The third-order valence-corrected chi connectivity index (χ3v) is 3.54. The van der Waals surface area contributed by atoms with Gasteiger partial charge in [0.1, 0.15) is 11.0 Å². The SMILES string of the molecule is CCn1ncc(-n2cc(-c3ccnc(Cl)c3)nc2C)cc1=O. The predicted octanol–water partition coefficient (Wildman–Crippen LogP) is 2.47. The number of pyridine rings is 1. The van der Waals surface area contributed by atoms with Crippen LogP contribution in [0.25, 0.3) is 16.9 Å². The summed E-state index contributed by atoms with van der Waals surface area (Å²) in [5, 5.41) is 4.55. The highest BCUT2D eigenvalue weighted by Gasteiger charge is 2.10. The Hall–Kier alpha value is -2.47. The summed E-state index contributed by atoms with van der Waals surface area (Å²) in [5.74, 6) is 0.762. The molecule has 0 fully saturated rings. The molecule has 22 heavy (non-hydrogen) atoms. The first kappa shape index (κ1) is 14.5. The molecule has 7 heteroatoms. The summed E-state index contributed by atoms with van der Waals surface area (Å²) in [6.07, 6.45) is 5.15. The van der Waals surface area contributed by atoms with E-state index in [0.29, 0.717) is 17.4 Å². The number of halogens is 1. The van der Waals surface area contributed by atoms with E-state index in [0.717, 1.165) is 17.1 Å². The first-order valence-electron chi connectivity index (χ1n) is 6.84. The van der Waals surface area contributed by atoms with Crippen molar-refractivity contribution in [1.29, 1.82) is 0 Å². The molecule has 0 aliphatic carbocycles. The van der Waals surface area contributed by atoms with E-state index in [1.165, 1.54) is 4.68 Å². The van der Waals surface area contributed by atoms with Crippen LogP contribution >= 0.6 is 11.6 Å². The molecule has 3 aromatic rings. The Morgan fingerprint density at radius 2 is 2.14 bits per heavy atom. The van der Waals surface area contributed by atoms with Crippen molar-refractivity contribution in [3.63, 3.8) is 0 Å². The lowest BCUT2D eigenvalue weighted by molar-refractivity contribution is 0.612. The second-order valence-electron chi connectivity index (χ2n) is 4.78. The summed E-state index contributed by atoms with van der Waals surface area (Å²) in [4.78, 5) is 20.4. The van der Waals surface area contributed by atoms with Crippen LogP contribution in [0.4, 0.5) is 0 Å². The average Bonchev–Trinajstić information content (AvgIpc) is 2.89. The summed E-state index contributed by atoms with van der Waals surface area (Å²) in [6.45, 7) is 4.29. The zero-order valence-electron chi connectivity index (χ0n) is 12.2. The Morgan fingerprint density at radius 1 is 1.32 bits per heavy atom. The molecule has 0 aliphatic rings. The number of rotatable bonds is 3. The van der Waals surface area contributed by atoms with E-state index in [2.05, 4.69) is 15.1 Å². The predicted molar refractivity (Wildman–Crippen MR) is 84.3 cm³/mol. The van der Waals surface area contributed by atoms with Crippen LogP contribution in [-0.2, 0) is 6.54 Å². The number of aryl methyl sites for hydroxylation is 2. The summed E-state index contributed by atoms with van der Waals surface area (Å²) in [5.41, 5.74) is 2.19. The van der Waals surface area contributed by atoms with Crippen molar-refractivity contribution in [1.82, 2.24) is 24.3 Å². The zero-order chi connectivity index (χ0) is 15.7. The summed E-state index contributed by atoms with van der Waals surface area (Å²) < 4.78 is 3.23. The van der Waals surface area contributed by atoms with Crippen LogP contribution < -0.4 is 5.56 Å². The summed E-state index contributed by atoms with van der Waals surface area (Å²) in [7, 11) is 0. The van der Waals surface area contributed by atoms with E-state index in [-0.39, 0.29) is 5.56 Å². The third-order valence-electron chi connectivity index (χ3n) is 3.34. The van der Waals surface area contributed by atoms with E-state index in [1.807, 2.05) is 30.7 Å². The molecule has 0 spiro atoms. The second-order valence-corrected chi connectivity index (χ2v) is 5.17. The quantitative estimate of drug-likeness (QED) is 0.696. The highest BCUT2D eigenvalue weighted by molar-refractivity contribution is 6.29. The van der Waals surface area contributed by atoms with Gasteiger partial charge in [0.2, 0.25) is 0 Å². The molecule has 6 nitrogen and oxygen atoms in total. The maximum atomic E-state index is 11.9. The monoisotopic (exact) mass is 315 g/mol. The Balaban J connectivity index is 2.06. The van der Waals surface area contributed by atoms with E-state index >= 15 is 0 Å². The van der Waals surface area contributed by atoms with Gasteiger partial charge in [-0.15, -0.1) is 0 Å². The summed E-state index contributed by atoms with van der Waals surface area (Å²) >= 11 is 5.91. The Kier molecular flexibility index (Phi) is 3.77. The minimum Gasteiger partial charge on any atom is -0.301 e. The van der Waals surface area contributed by atoms with Gasteiger partial charge in [-0.3, -0.25) is 4.79 Å². The number of aromatic nitrogens is 5. The fraction of sp³-hybridized carbons (Fsp3) is 0.200. The van der Waals surface area contributed by atoms with Crippen molar-refractivity contribution in [3.8, 4) is 16.9 Å². The van der Waals surface area contributed by atoms with Crippen molar-refractivity contribution in [2.24, 2.45) is 0 Å². The number of hydrogen-bond acceptors (Lipinski definition) is 4. The molecule has 3 rings (SSSR count). The van der Waals surface area contributed by atoms with Crippen molar-refractivity contribution in [3.05, 3.63) is 58.1 Å². The van der Waals surface area contributed by atoms with Crippen LogP contribution in [0.3, 0.4) is 0 Å². The van der Waals surface area contributed by atoms with Gasteiger partial charge in [0.15, 0.2) is 0 Å². The molecule has 0 N–H and O–H groups in total. The Labute approximate surface area is 132 Å². The average molecular weight is 316 g/mol. The van der Waals surface area contributed by atoms with Gasteiger partial charge in [-0.25, -0.2) is 14.6 Å². The standard InChI is InChI=1S/C15H14ClN5O/c1-3-21-15(22)7-12(8-18-21)20-9-13(19-10(20)2)11-4-5-17-14(16)6-11/h4-9H,3H2,1-2H3.